The van der Waals surface area contributed by atoms with Gasteiger partial charge in [-0.15, -0.1) is 0 Å². The quantitative estimate of drug-likeness (QED) is 0.194. The zero-order chi connectivity index (χ0) is 20.8. The van der Waals surface area contributed by atoms with Crippen LogP contribution in [0.2, 0.25) is 0 Å². The molecule has 1 heterocycles. The number of benzene rings is 2. The van der Waals surface area contributed by atoms with Crippen molar-refractivity contribution in [2.75, 3.05) is 0 Å². The lowest BCUT2D eigenvalue weighted by Crippen LogP contribution is -2.18. The molecule has 1 aromatic heterocycles. The highest BCUT2D eigenvalue weighted by atomic mass is 19.1. The molecule has 0 aliphatic carbocycles. The van der Waals surface area contributed by atoms with Gasteiger partial charge in [0.25, 0.3) is 5.91 Å². The van der Waals surface area contributed by atoms with E-state index in [4.69, 9.17) is 10.6 Å². The van der Waals surface area contributed by atoms with Gasteiger partial charge in [-0.1, -0.05) is 37.3 Å². The molecule has 4 N–H and O–H groups in total. The summed E-state index contributed by atoms with van der Waals surface area (Å²) in [4.78, 5) is 14.3. The maximum atomic E-state index is 14.5. The fraction of sp³-hybridized carbons (Fsp3) is 0.217. The topological polar surface area (TPSA) is 89.0 Å². The van der Waals surface area contributed by atoms with E-state index in [0.717, 1.165) is 29.8 Å². The average molecular weight is 393 g/mol. The number of para-hydroxylation sites is 1. The summed E-state index contributed by atoms with van der Waals surface area (Å²) in [6.45, 7) is 2.05. The number of H-pyrrole nitrogens is 1. The Kier molecular flexibility index (Phi) is 6.57. The number of hydrogen-bond donors (Lipinski definition) is 4. The minimum Gasteiger partial charge on any atom is -0.361 e. The molecular formula is C23H24FN3O2. The Morgan fingerprint density at radius 2 is 2.07 bits per heavy atom. The van der Waals surface area contributed by atoms with Gasteiger partial charge in [-0.2, -0.15) is 0 Å². The molecule has 0 fully saturated rings. The van der Waals surface area contributed by atoms with Crippen LogP contribution < -0.4 is 5.48 Å². The summed E-state index contributed by atoms with van der Waals surface area (Å²) < 4.78 is 14.5. The third-order valence-electron chi connectivity index (χ3n) is 5.12. The van der Waals surface area contributed by atoms with E-state index in [9.17, 15) is 9.18 Å². The van der Waals surface area contributed by atoms with Gasteiger partial charge >= 0.3 is 0 Å². The van der Waals surface area contributed by atoms with Crippen molar-refractivity contribution in [2.45, 2.75) is 26.2 Å². The Hall–Kier alpha value is -3.25. The zero-order valence-electron chi connectivity index (χ0n) is 16.2. The Bertz CT molecular complexity index is 1060. The number of fused-ring (bicyclic) bond motifs is 1. The van der Waals surface area contributed by atoms with Crippen molar-refractivity contribution in [3.8, 4) is 0 Å². The second-order valence-electron chi connectivity index (χ2n) is 7.03. The minimum absolute atomic E-state index is 0.0291. The lowest BCUT2D eigenvalue weighted by Gasteiger charge is -2.17. The Labute approximate surface area is 168 Å². The number of aromatic nitrogens is 1. The van der Waals surface area contributed by atoms with Crippen LogP contribution in [0, 0.1) is 17.1 Å². The van der Waals surface area contributed by atoms with Gasteiger partial charge < -0.3 is 10.4 Å². The smallest absolute Gasteiger partial charge is 0.267 e. The molecule has 0 unspecified atom stereocenters. The molecule has 0 aliphatic heterocycles. The van der Waals surface area contributed by atoms with Crippen molar-refractivity contribution in [1.82, 2.24) is 10.5 Å². The first kappa shape index (κ1) is 20.5. The molecule has 0 aliphatic rings. The molecule has 0 radical (unpaired) electrons. The largest absolute Gasteiger partial charge is 0.361 e. The average Bonchev–Trinajstić information content (AvgIpc) is 3.14. The first-order valence-corrected chi connectivity index (χ1v) is 9.54. The third-order valence-corrected chi connectivity index (χ3v) is 5.12. The van der Waals surface area contributed by atoms with E-state index in [0.29, 0.717) is 16.8 Å². The van der Waals surface area contributed by atoms with E-state index in [1.165, 1.54) is 23.2 Å². The maximum Gasteiger partial charge on any atom is 0.267 e. The Morgan fingerprint density at radius 1 is 1.28 bits per heavy atom. The molecular weight excluding hydrogens is 369 g/mol. The van der Waals surface area contributed by atoms with E-state index in [-0.39, 0.29) is 12.3 Å². The number of nitrogens with one attached hydrogen (secondary N) is 3. The number of amides is 1. The molecule has 0 spiro atoms. The van der Waals surface area contributed by atoms with Gasteiger partial charge in [-0.3, -0.25) is 10.0 Å². The van der Waals surface area contributed by atoms with Crippen LogP contribution in [0.15, 0.2) is 54.7 Å². The van der Waals surface area contributed by atoms with Crippen LogP contribution in [0.25, 0.3) is 17.0 Å². The number of rotatable bonds is 8. The number of carbonyl (C=O) groups is 1. The monoisotopic (exact) mass is 393 g/mol. The van der Waals surface area contributed by atoms with E-state index in [1.54, 1.807) is 12.1 Å². The summed E-state index contributed by atoms with van der Waals surface area (Å²) in [5, 5.41) is 18.2. The predicted molar refractivity (Wildman–Crippen MR) is 113 cm³/mol. The van der Waals surface area contributed by atoms with Crippen molar-refractivity contribution < 1.29 is 14.4 Å². The van der Waals surface area contributed by atoms with Crippen molar-refractivity contribution in [1.29, 1.82) is 5.41 Å². The lowest BCUT2D eigenvalue weighted by atomic mass is 9.88. The van der Waals surface area contributed by atoms with Crippen molar-refractivity contribution in [3.05, 3.63) is 77.2 Å². The van der Waals surface area contributed by atoms with Crippen molar-refractivity contribution in [2.24, 2.45) is 5.92 Å². The van der Waals surface area contributed by atoms with Gasteiger partial charge in [0, 0.05) is 41.2 Å². The summed E-state index contributed by atoms with van der Waals surface area (Å²) in [5.74, 6) is -1.07. The predicted octanol–water partition coefficient (Wildman–Crippen LogP) is 4.66. The highest BCUT2D eigenvalue weighted by Gasteiger charge is 2.17. The number of halogens is 1. The number of hydrogen-bond acceptors (Lipinski definition) is 3. The van der Waals surface area contributed by atoms with Gasteiger partial charge in [-0.25, -0.2) is 9.87 Å². The van der Waals surface area contributed by atoms with E-state index in [2.05, 4.69) is 11.1 Å². The standard InChI is InChI=1S/C23H24FN3O2/c1-2-16(12-18-14-26-22-6-4-3-5-19(18)22)21(25)13-17-9-7-15(11-20(17)24)8-10-23(28)27-29/h3-11,14,16,25-26,29H,2,12-13H2,1H3,(H,27,28)/b10-8+,25-21?/t16-/m0/s1. The first-order valence-electron chi connectivity index (χ1n) is 9.54. The van der Waals surface area contributed by atoms with Crippen LogP contribution in [0.4, 0.5) is 4.39 Å². The summed E-state index contributed by atoms with van der Waals surface area (Å²) in [6, 6.07) is 12.7. The Morgan fingerprint density at radius 3 is 2.79 bits per heavy atom. The van der Waals surface area contributed by atoms with Gasteiger partial charge in [0.2, 0.25) is 0 Å². The van der Waals surface area contributed by atoms with Gasteiger partial charge in [0.05, 0.1) is 0 Å². The van der Waals surface area contributed by atoms with Crippen LogP contribution >= 0.6 is 0 Å². The molecule has 3 rings (SSSR count). The highest BCUT2D eigenvalue weighted by Crippen LogP contribution is 2.24. The second-order valence-corrected chi connectivity index (χ2v) is 7.03. The van der Waals surface area contributed by atoms with E-state index in [1.807, 2.05) is 31.3 Å². The van der Waals surface area contributed by atoms with E-state index < -0.39 is 11.7 Å². The first-order chi connectivity index (χ1) is 14.0. The molecule has 5 nitrogen and oxygen atoms in total. The molecule has 3 aromatic rings. The minimum atomic E-state index is -0.681. The fourth-order valence-corrected chi connectivity index (χ4v) is 3.45. The maximum absolute atomic E-state index is 14.5. The highest BCUT2D eigenvalue weighted by molar-refractivity contribution is 5.91. The van der Waals surface area contributed by atoms with Gasteiger partial charge in [0.15, 0.2) is 0 Å². The molecule has 1 amide bonds. The van der Waals surface area contributed by atoms with Gasteiger partial charge in [0.1, 0.15) is 5.82 Å². The fourth-order valence-electron chi connectivity index (χ4n) is 3.45. The van der Waals surface area contributed by atoms with Crippen LogP contribution in [0.5, 0.6) is 0 Å². The number of aromatic amines is 1. The number of carbonyl (C=O) groups excluding carboxylic acids is 1. The molecule has 150 valence electrons. The molecule has 1 atom stereocenters. The molecule has 6 heteroatoms. The van der Waals surface area contributed by atoms with Crippen LogP contribution in [0.3, 0.4) is 0 Å². The van der Waals surface area contributed by atoms with Gasteiger partial charge in [-0.05, 0) is 47.7 Å². The molecule has 29 heavy (non-hydrogen) atoms. The van der Waals surface area contributed by atoms with Crippen molar-refractivity contribution >= 4 is 28.6 Å². The normalized spacial score (nSPS) is 12.4. The summed E-state index contributed by atoms with van der Waals surface area (Å²) in [6.07, 6.45) is 6.30. The molecule has 2 aromatic carbocycles. The number of hydroxylamine groups is 1. The second kappa shape index (κ2) is 9.30. The summed E-state index contributed by atoms with van der Waals surface area (Å²) in [7, 11) is 0. The van der Waals surface area contributed by atoms with Crippen LogP contribution in [0.1, 0.15) is 30.0 Å². The zero-order valence-corrected chi connectivity index (χ0v) is 16.2. The molecule has 0 saturated carbocycles. The van der Waals surface area contributed by atoms with Crippen LogP contribution in [-0.2, 0) is 17.6 Å². The van der Waals surface area contributed by atoms with E-state index >= 15 is 0 Å². The molecule has 0 saturated heterocycles. The lowest BCUT2D eigenvalue weighted by molar-refractivity contribution is -0.124. The van der Waals surface area contributed by atoms with Crippen molar-refractivity contribution in [3.63, 3.8) is 0 Å². The summed E-state index contributed by atoms with van der Waals surface area (Å²) >= 11 is 0. The summed E-state index contributed by atoms with van der Waals surface area (Å²) in [5.41, 5.74) is 5.19. The van der Waals surface area contributed by atoms with Crippen LogP contribution in [-0.4, -0.2) is 21.8 Å². The molecule has 0 bridgehead atoms. The SMILES string of the molecule is CC[C@@H](Cc1c[nH]c2ccccc12)C(=N)Cc1ccc(/C=C/C(=O)NO)cc1F. The Balaban J connectivity index is 1.70. The third kappa shape index (κ3) is 4.97.